The molecule has 2 N–H and O–H groups in total. The van der Waals surface area contributed by atoms with Crippen LogP contribution < -0.4 is 5.73 Å². The van der Waals surface area contributed by atoms with Gasteiger partial charge in [-0.25, -0.2) is 23.6 Å². The van der Waals surface area contributed by atoms with Gasteiger partial charge in [-0.3, -0.25) is 9.69 Å². The second kappa shape index (κ2) is 11.8. The molecular weight excluding hydrogens is 608 g/mol. The van der Waals surface area contributed by atoms with Crippen LogP contribution in [0.2, 0.25) is 5.02 Å². The van der Waals surface area contributed by atoms with E-state index in [-0.39, 0.29) is 24.9 Å². The zero-order valence-corrected chi connectivity index (χ0v) is 25.6. The highest BCUT2D eigenvalue weighted by molar-refractivity contribution is 7.18. The van der Waals surface area contributed by atoms with Crippen LogP contribution in [0.25, 0.3) is 21.0 Å². The van der Waals surface area contributed by atoms with E-state index in [0.717, 1.165) is 16.5 Å². The number of amides is 2. The van der Waals surface area contributed by atoms with Gasteiger partial charge in [0.15, 0.2) is 11.5 Å². The fourth-order valence-electron chi connectivity index (χ4n) is 5.87. The Morgan fingerprint density at radius 3 is 2.66 bits per heavy atom. The monoisotopic (exact) mass is 637 g/mol. The Labute approximate surface area is 262 Å². The molecule has 2 amide bonds. The minimum absolute atomic E-state index is 0.103. The Bertz CT molecular complexity index is 1700. The number of carbonyl (C=O) groups excluding carboxylic acids is 2. The van der Waals surface area contributed by atoms with Crippen LogP contribution in [0.4, 0.5) is 13.6 Å². The summed E-state index contributed by atoms with van der Waals surface area (Å²) >= 11 is 8.12. The lowest BCUT2D eigenvalue weighted by Gasteiger charge is -2.35. The molecule has 8 nitrogen and oxygen atoms in total. The van der Waals surface area contributed by atoms with Gasteiger partial charge in [-0.1, -0.05) is 48.0 Å². The first kappa shape index (κ1) is 30.0. The number of aliphatic imine (C=N–C) groups is 1. The van der Waals surface area contributed by atoms with Crippen molar-refractivity contribution in [1.29, 1.82) is 0 Å². The number of thiazole rings is 1. The molecule has 228 valence electrons. The zero-order valence-electron chi connectivity index (χ0n) is 24.0. The normalized spacial score (nSPS) is 22.3. The largest absolute Gasteiger partial charge is 0.447 e. The summed E-state index contributed by atoms with van der Waals surface area (Å²) in [6.45, 7) is -0.253. The molecule has 1 aromatic heterocycles. The minimum Gasteiger partial charge on any atom is -0.447 e. The van der Waals surface area contributed by atoms with Crippen LogP contribution in [-0.4, -0.2) is 59.0 Å². The third kappa shape index (κ3) is 5.50. The maximum atomic E-state index is 14.5. The molecule has 0 spiro atoms. The molecule has 0 bridgehead atoms. The van der Waals surface area contributed by atoms with E-state index in [2.05, 4.69) is 9.98 Å². The average Bonchev–Trinajstić information content (AvgIpc) is 3.67. The fraction of sp³-hybridized carbons (Fsp3) is 0.312. The molecule has 2 heterocycles. The molecule has 0 radical (unpaired) electrons. The van der Waals surface area contributed by atoms with Crippen molar-refractivity contribution in [1.82, 2.24) is 14.8 Å². The number of nitrogens with two attached hydrogens (primary N) is 1. The van der Waals surface area contributed by atoms with Gasteiger partial charge in [0, 0.05) is 44.3 Å². The van der Waals surface area contributed by atoms with Crippen LogP contribution in [0.1, 0.15) is 30.9 Å². The number of aromatic nitrogens is 1. The van der Waals surface area contributed by atoms with Gasteiger partial charge < -0.3 is 15.4 Å². The second-order valence-electron chi connectivity index (χ2n) is 11.3. The van der Waals surface area contributed by atoms with E-state index in [9.17, 15) is 18.4 Å². The highest BCUT2D eigenvalue weighted by Gasteiger charge is 2.62. The first-order chi connectivity index (χ1) is 21.1. The van der Waals surface area contributed by atoms with Crippen LogP contribution >= 0.6 is 22.9 Å². The smallest absolute Gasteiger partial charge is 0.409 e. The van der Waals surface area contributed by atoms with E-state index in [0.29, 0.717) is 34.0 Å². The maximum absolute atomic E-state index is 14.5. The number of rotatable bonds is 8. The minimum atomic E-state index is -1.47. The van der Waals surface area contributed by atoms with Crippen molar-refractivity contribution in [3.8, 4) is 21.0 Å². The van der Waals surface area contributed by atoms with E-state index in [4.69, 9.17) is 22.1 Å². The predicted octanol–water partition coefficient (Wildman–Crippen LogP) is 6.90. The molecule has 2 aromatic carbocycles. The van der Waals surface area contributed by atoms with Gasteiger partial charge in [0.25, 0.3) is 5.91 Å². The molecule has 3 aliphatic rings. The van der Waals surface area contributed by atoms with Gasteiger partial charge in [0.2, 0.25) is 0 Å². The van der Waals surface area contributed by atoms with E-state index < -0.39 is 41.2 Å². The fourth-order valence-corrected chi connectivity index (χ4v) is 7.09. The van der Waals surface area contributed by atoms with Gasteiger partial charge in [0.05, 0.1) is 15.9 Å². The average molecular weight is 638 g/mol. The van der Waals surface area contributed by atoms with Crippen molar-refractivity contribution >= 4 is 40.9 Å². The molecule has 1 saturated carbocycles. The number of nitrogens with zero attached hydrogens (tertiary/aromatic N) is 4. The van der Waals surface area contributed by atoms with Crippen LogP contribution in [0, 0.1) is 11.8 Å². The van der Waals surface area contributed by atoms with Gasteiger partial charge in [-0.15, -0.1) is 11.3 Å². The van der Waals surface area contributed by atoms with Crippen molar-refractivity contribution in [2.75, 3.05) is 20.7 Å². The standard InChI is InChI=1S/C32H30ClF2N5O3S/c1-39(2)31(42)43-17-26(19-8-11-25(33)24(12-19)28-37-16-27(44-28)18-6-4-3-5-7-18)40-29(41)32(20-9-10-20,38-30(40)36)21-13-22(34)15-23(35)14-21/h3-8,11-13,15-16,20-21,26H,9-10,14,17H2,1-2H3,(H2,36,38)/t21?,26-,32-/m1/s1. The van der Waals surface area contributed by atoms with Crippen molar-refractivity contribution in [3.63, 3.8) is 0 Å². The number of carbonyl (C=O) groups is 2. The Balaban J connectivity index is 1.39. The highest BCUT2D eigenvalue weighted by atomic mass is 35.5. The first-order valence-corrected chi connectivity index (χ1v) is 15.4. The number of hydrogen-bond acceptors (Lipinski definition) is 7. The number of guanidine groups is 1. The van der Waals surface area contributed by atoms with Crippen LogP contribution in [0.5, 0.6) is 0 Å². The summed E-state index contributed by atoms with van der Waals surface area (Å²) in [6, 6.07) is 14.1. The van der Waals surface area contributed by atoms with Gasteiger partial charge >= 0.3 is 6.09 Å². The first-order valence-electron chi connectivity index (χ1n) is 14.2. The highest BCUT2D eigenvalue weighted by Crippen LogP contribution is 2.53. The van der Waals surface area contributed by atoms with E-state index in [1.165, 1.54) is 27.2 Å². The molecule has 1 aliphatic heterocycles. The van der Waals surface area contributed by atoms with Crippen molar-refractivity contribution < 1.29 is 23.1 Å². The second-order valence-corrected chi connectivity index (χ2v) is 12.8. The van der Waals surface area contributed by atoms with E-state index >= 15 is 0 Å². The van der Waals surface area contributed by atoms with Crippen LogP contribution in [-0.2, 0) is 9.53 Å². The quantitative estimate of drug-likeness (QED) is 0.290. The lowest BCUT2D eigenvalue weighted by molar-refractivity contribution is -0.135. The molecular formula is C32H30ClF2N5O3S. The van der Waals surface area contributed by atoms with E-state index in [1.54, 1.807) is 38.5 Å². The molecule has 3 aromatic rings. The molecule has 2 aliphatic carbocycles. The molecule has 44 heavy (non-hydrogen) atoms. The van der Waals surface area contributed by atoms with Gasteiger partial charge in [0.1, 0.15) is 23.3 Å². The van der Waals surface area contributed by atoms with Crippen molar-refractivity contribution in [3.05, 3.63) is 89.1 Å². The van der Waals surface area contributed by atoms with Crippen molar-refractivity contribution in [2.45, 2.75) is 30.8 Å². The van der Waals surface area contributed by atoms with Crippen molar-refractivity contribution in [2.24, 2.45) is 22.6 Å². The third-order valence-electron chi connectivity index (χ3n) is 8.15. The number of hydrogen-bond donors (Lipinski definition) is 1. The number of ether oxygens (including phenoxy) is 1. The summed E-state index contributed by atoms with van der Waals surface area (Å²) in [5.41, 5.74) is 7.23. The number of allylic oxidation sites excluding steroid dienone is 3. The summed E-state index contributed by atoms with van der Waals surface area (Å²) in [7, 11) is 3.09. The summed E-state index contributed by atoms with van der Waals surface area (Å²) in [5, 5.41) is 1.10. The lowest BCUT2D eigenvalue weighted by Crippen LogP contribution is -2.51. The Morgan fingerprint density at radius 1 is 1.23 bits per heavy atom. The van der Waals surface area contributed by atoms with Gasteiger partial charge in [-0.2, -0.15) is 0 Å². The number of benzene rings is 2. The zero-order chi connectivity index (χ0) is 31.2. The summed E-state index contributed by atoms with van der Waals surface area (Å²) in [4.78, 5) is 39.8. The molecule has 6 rings (SSSR count). The molecule has 1 fully saturated rings. The molecule has 3 atom stereocenters. The Hall–Kier alpha value is -4.09. The number of halogens is 3. The SMILES string of the molecule is CN(C)C(=O)OC[C@H](c1ccc(Cl)c(-c2ncc(-c3ccccc3)s2)c1)N1C(=O)[C@](C2C=C(F)C=C(F)C2)(C2CC2)N=C1N. The topological polar surface area (TPSA) is 101 Å². The van der Waals surface area contributed by atoms with E-state index in [1.807, 2.05) is 30.3 Å². The molecule has 12 heteroatoms. The third-order valence-corrected chi connectivity index (χ3v) is 9.56. The Kier molecular flexibility index (Phi) is 8.02. The maximum Gasteiger partial charge on any atom is 0.409 e. The lowest BCUT2D eigenvalue weighted by atomic mass is 9.75. The predicted molar refractivity (Wildman–Crippen MR) is 166 cm³/mol. The summed E-state index contributed by atoms with van der Waals surface area (Å²) in [6.07, 6.45) is 4.42. The summed E-state index contributed by atoms with van der Waals surface area (Å²) in [5.74, 6) is -3.08. The summed E-state index contributed by atoms with van der Waals surface area (Å²) < 4.78 is 34.5. The molecule has 0 saturated heterocycles. The van der Waals surface area contributed by atoms with Crippen LogP contribution in [0.15, 0.2) is 83.5 Å². The Morgan fingerprint density at radius 2 is 1.98 bits per heavy atom. The molecule has 1 unspecified atom stereocenters. The van der Waals surface area contributed by atoms with Crippen LogP contribution in [0.3, 0.4) is 0 Å². The van der Waals surface area contributed by atoms with Gasteiger partial charge in [-0.05, 0) is 48.1 Å².